The largest absolute Gasteiger partial charge is 0.264 e. The molecule has 110 valence electrons. The quantitative estimate of drug-likeness (QED) is 0.538. The molecule has 0 spiro atoms. The molecule has 4 aromatic heterocycles. The van der Waals surface area contributed by atoms with E-state index in [4.69, 9.17) is 4.98 Å². The van der Waals surface area contributed by atoms with Gasteiger partial charge in [0.2, 0.25) is 0 Å². The summed E-state index contributed by atoms with van der Waals surface area (Å²) in [6.45, 7) is 0. The molecule has 4 heterocycles. The molecule has 0 aliphatic rings. The molecular formula is C19H13N3S. The van der Waals surface area contributed by atoms with Crippen LogP contribution in [0.3, 0.4) is 0 Å². The van der Waals surface area contributed by atoms with Crippen molar-refractivity contribution in [3.05, 3.63) is 78.6 Å². The Morgan fingerprint density at radius 1 is 0.696 bits per heavy atom. The SMILES string of the molecule is c1cncc(-c2cccc(-c3ccc(-c4cccs4)nc3)n2)c1. The first-order valence-electron chi connectivity index (χ1n) is 7.28. The van der Waals surface area contributed by atoms with Crippen molar-refractivity contribution in [2.45, 2.75) is 0 Å². The molecular weight excluding hydrogens is 302 g/mol. The van der Waals surface area contributed by atoms with Crippen molar-refractivity contribution in [1.82, 2.24) is 15.0 Å². The lowest BCUT2D eigenvalue weighted by molar-refractivity contribution is 1.26. The highest BCUT2D eigenvalue weighted by Gasteiger charge is 2.05. The normalized spacial score (nSPS) is 10.6. The summed E-state index contributed by atoms with van der Waals surface area (Å²) < 4.78 is 0. The molecule has 0 bridgehead atoms. The lowest BCUT2D eigenvalue weighted by Gasteiger charge is -2.05. The molecule has 0 unspecified atom stereocenters. The fourth-order valence-corrected chi connectivity index (χ4v) is 3.09. The van der Waals surface area contributed by atoms with E-state index in [-0.39, 0.29) is 0 Å². The minimum atomic E-state index is 0.914. The van der Waals surface area contributed by atoms with Crippen LogP contribution in [0.2, 0.25) is 0 Å². The number of rotatable bonds is 3. The molecule has 0 N–H and O–H groups in total. The van der Waals surface area contributed by atoms with E-state index in [2.05, 4.69) is 27.5 Å². The van der Waals surface area contributed by atoms with Gasteiger partial charge in [-0.3, -0.25) is 9.97 Å². The molecule has 0 atom stereocenters. The van der Waals surface area contributed by atoms with Gasteiger partial charge in [0, 0.05) is 29.7 Å². The standard InChI is InChI=1S/C19H13N3S/c1-5-16(14-4-2-10-20-12-14)22-17(6-1)15-8-9-18(21-13-15)19-7-3-11-23-19/h1-13H. The molecule has 0 amide bonds. The summed E-state index contributed by atoms with van der Waals surface area (Å²) in [5.74, 6) is 0. The molecule has 4 rings (SSSR count). The van der Waals surface area contributed by atoms with Gasteiger partial charge in [-0.1, -0.05) is 12.1 Å². The van der Waals surface area contributed by atoms with Gasteiger partial charge < -0.3 is 0 Å². The van der Waals surface area contributed by atoms with Crippen LogP contribution in [-0.2, 0) is 0 Å². The second kappa shape index (κ2) is 6.10. The van der Waals surface area contributed by atoms with E-state index in [9.17, 15) is 0 Å². The van der Waals surface area contributed by atoms with Crippen molar-refractivity contribution in [2.75, 3.05) is 0 Å². The smallest absolute Gasteiger partial charge is 0.0802 e. The van der Waals surface area contributed by atoms with Crippen molar-refractivity contribution in [2.24, 2.45) is 0 Å². The number of hydrogen-bond donors (Lipinski definition) is 0. The van der Waals surface area contributed by atoms with Gasteiger partial charge in [0.05, 0.1) is 22.0 Å². The molecule has 0 radical (unpaired) electrons. The van der Waals surface area contributed by atoms with E-state index in [1.165, 1.54) is 4.88 Å². The first-order valence-corrected chi connectivity index (χ1v) is 8.16. The first-order chi connectivity index (χ1) is 11.4. The van der Waals surface area contributed by atoms with Gasteiger partial charge >= 0.3 is 0 Å². The molecule has 0 fully saturated rings. The Balaban J connectivity index is 1.68. The third kappa shape index (κ3) is 2.89. The number of hydrogen-bond acceptors (Lipinski definition) is 4. The lowest BCUT2D eigenvalue weighted by Crippen LogP contribution is -1.89. The van der Waals surface area contributed by atoms with Crippen molar-refractivity contribution in [3.63, 3.8) is 0 Å². The predicted molar refractivity (Wildman–Crippen MR) is 94.0 cm³/mol. The van der Waals surface area contributed by atoms with Crippen LogP contribution in [0.4, 0.5) is 0 Å². The van der Waals surface area contributed by atoms with E-state index in [0.29, 0.717) is 0 Å². The van der Waals surface area contributed by atoms with E-state index in [1.807, 2.05) is 54.9 Å². The predicted octanol–water partition coefficient (Wildman–Crippen LogP) is 4.93. The van der Waals surface area contributed by atoms with Crippen molar-refractivity contribution in [1.29, 1.82) is 0 Å². The van der Waals surface area contributed by atoms with Crippen LogP contribution < -0.4 is 0 Å². The summed E-state index contributed by atoms with van der Waals surface area (Å²) in [7, 11) is 0. The molecule has 0 aliphatic carbocycles. The molecule has 0 saturated carbocycles. The van der Waals surface area contributed by atoms with Crippen molar-refractivity contribution >= 4 is 11.3 Å². The van der Waals surface area contributed by atoms with E-state index in [0.717, 1.165) is 28.2 Å². The third-order valence-corrected chi connectivity index (χ3v) is 4.43. The minimum Gasteiger partial charge on any atom is -0.264 e. The van der Waals surface area contributed by atoms with Gasteiger partial charge in [-0.25, -0.2) is 4.98 Å². The number of aromatic nitrogens is 3. The van der Waals surface area contributed by atoms with Crippen molar-refractivity contribution in [3.8, 4) is 33.1 Å². The highest BCUT2D eigenvalue weighted by atomic mass is 32.1. The fraction of sp³-hybridized carbons (Fsp3) is 0. The summed E-state index contributed by atoms with van der Waals surface area (Å²) in [5, 5.41) is 2.06. The van der Waals surface area contributed by atoms with Gasteiger partial charge in [-0.2, -0.15) is 0 Å². The number of pyridine rings is 3. The van der Waals surface area contributed by atoms with Crippen LogP contribution in [0.1, 0.15) is 0 Å². The van der Waals surface area contributed by atoms with Crippen LogP contribution in [0, 0.1) is 0 Å². The average Bonchev–Trinajstić information content (AvgIpc) is 3.17. The Kier molecular flexibility index (Phi) is 3.66. The van der Waals surface area contributed by atoms with Crippen LogP contribution in [0.5, 0.6) is 0 Å². The maximum Gasteiger partial charge on any atom is 0.0802 e. The minimum absolute atomic E-state index is 0.914. The summed E-state index contributed by atoms with van der Waals surface area (Å²) in [6.07, 6.45) is 5.47. The lowest BCUT2D eigenvalue weighted by atomic mass is 10.1. The zero-order valence-corrected chi connectivity index (χ0v) is 13.1. The van der Waals surface area contributed by atoms with E-state index >= 15 is 0 Å². The van der Waals surface area contributed by atoms with Crippen LogP contribution in [-0.4, -0.2) is 15.0 Å². The topological polar surface area (TPSA) is 38.7 Å². The van der Waals surface area contributed by atoms with Crippen LogP contribution in [0.25, 0.3) is 33.1 Å². The van der Waals surface area contributed by atoms with Gasteiger partial charge in [0.1, 0.15) is 0 Å². The molecule has 0 saturated heterocycles. The maximum atomic E-state index is 4.73. The Morgan fingerprint density at radius 2 is 1.57 bits per heavy atom. The fourth-order valence-electron chi connectivity index (χ4n) is 2.39. The molecule has 4 aromatic rings. The maximum absolute atomic E-state index is 4.73. The van der Waals surface area contributed by atoms with Crippen LogP contribution >= 0.6 is 11.3 Å². The van der Waals surface area contributed by atoms with Crippen LogP contribution in [0.15, 0.2) is 78.6 Å². The first kappa shape index (κ1) is 13.8. The summed E-state index contributed by atoms with van der Waals surface area (Å²) in [5.41, 5.74) is 4.84. The van der Waals surface area contributed by atoms with Crippen molar-refractivity contribution < 1.29 is 0 Å². The third-order valence-electron chi connectivity index (χ3n) is 3.54. The van der Waals surface area contributed by atoms with E-state index < -0.39 is 0 Å². The van der Waals surface area contributed by atoms with Gasteiger partial charge in [0.25, 0.3) is 0 Å². The molecule has 0 aromatic carbocycles. The molecule has 0 aliphatic heterocycles. The second-order valence-corrected chi connectivity index (χ2v) is 6.01. The zero-order chi connectivity index (χ0) is 15.5. The summed E-state index contributed by atoms with van der Waals surface area (Å²) in [6, 6.07) is 18.2. The van der Waals surface area contributed by atoms with Gasteiger partial charge in [-0.05, 0) is 47.8 Å². The highest BCUT2D eigenvalue weighted by Crippen LogP contribution is 2.26. The Morgan fingerprint density at radius 3 is 2.22 bits per heavy atom. The van der Waals surface area contributed by atoms with Gasteiger partial charge in [-0.15, -0.1) is 11.3 Å². The average molecular weight is 315 g/mol. The highest BCUT2D eigenvalue weighted by molar-refractivity contribution is 7.13. The number of nitrogens with zero attached hydrogens (tertiary/aromatic N) is 3. The van der Waals surface area contributed by atoms with E-state index in [1.54, 1.807) is 17.5 Å². The number of thiophene rings is 1. The molecule has 4 heteroatoms. The Hall–Kier alpha value is -2.85. The zero-order valence-electron chi connectivity index (χ0n) is 12.3. The second-order valence-electron chi connectivity index (χ2n) is 5.06. The Bertz CT molecular complexity index is 901. The molecule has 3 nitrogen and oxygen atoms in total. The monoisotopic (exact) mass is 315 g/mol. The summed E-state index contributed by atoms with van der Waals surface area (Å²) in [4.78, 5) is 14.6. The Labute approximate surface area is 138 Å². The molecule has 23 heavy (non-hydrogen) atoms. The van der Waals surface area contributed by atoms with Gasteiger partial charge in [0.15, 0.2) is 0 Å². The summed E-state index contributed by atoms with van der Waals surface area (Å²) >= 11 is 1.69.